The summed E-state index contributed by atoms with van der Waals surface area (Å²) < 4.78 is 29.9. The second kappa shape index (κ2) is 12.2. The Kier molecular flexibility index (Phi) is 8.02. The second-order valence-electron chi connectivity index (χ2n) is 8.90. The molecular weight excluding hydrogens is 645 g/mol. The Labute approximate surface area is 261 Å². The van der Waals surface area contributed by atoms with Crippen LogP contribution in [0.1, 0.15) is 0 Å². The lowest BCUT2D eigenvalue weighted by molar-refractivity contribution is -0.388. The fraction of sp³-hybridized carbons (Fsp3) is 0. The SMILES string of the molecule is O=[N+]([O-])c1cc(S(=O)(=O)c2ccc(Sc3nnnn3-c3ccccc3)c([N+](=O)[O-])c2)ccc1Sc1nnnn1-c1ccccc1. The maximum Gasteiger partial charge on any atom is 0.284 e. The number of nitro groups is 2. The fourth-order valence-corrected chi connectivity index (χ4v) is 7.12. The summed E-state index contributed by atoms with van der Waals surface area (Å²) in [5, 5.41) is 47.5. The molecule has 2 aromatic heterocycles. The van der Waals surface area contributed by atoms with Crippen molar-refractivity contribution in [3.63, 3.8) is 0 Å². The van der Waals surface area contributed by atoms with Gasteiger partial charge in [0.2, 0.25) is 20.2 Å². The maximum atomic E-state index is 13.6. The van der Waals surface area contributed by atoms with Crippen molar-refractivity contribution in [2.24, 2.45) is 0 Å². The molecular formula is C26H16N10O6S3. The van der Waals surface area contributed by atoms with Gasteiger partial charge in [-0.15, -0.1) is 10.2 Å². The van der Waals surface area contributed by atoms with Crippen molar-refractivity contribution in [3.8, 4) is 11.4 Å². The lowest BCUT2D eigenvalue weighted by Crippen LogP contribution is -2.05. The molecule has 0 saturated carbocycles. The number of hydrogen-bond acceptors (Lipinski definition) is 14. The number of tetrazole rings is 2. The largest absolute Gasteiger partial charge is 0.284 e. The summed E-state index contributed by atoms with van der Waals surface area (Å²) in [6, 6.07) is 24.4. The Morgan fingerprint density at radius 2 is 1.00 bits per heavy atom. The molecule has 0 unspecified atom stereocenters. The molecule has 0 aliphatic heterocycles. The predicted octanol–water partition coefficient (Wildman–Crippen LogP) is 4.59. The van der Waals surface area contributed by atoms with Crippen LogP contribution in [0.4, 0.5) is 11.4 Å². The van der Waals surface area contributed by atoms with Gasteiger partial charge in [0.1, 0.15) is 0 Å². The number of rotatable bonds is 10. The molecule has 0 bridgehead atoms. The Morgan fingerprint density at radius 3 is 1.38 bits per heavy atom. The van der Waals surface area contributed by atoms with Crippen LogP contribution in [0.3, 0.4) is 0 Å². The third-order valence-corrected chi connectivity index (χ3v) is 9.91. The van der Waals surface area contributed by atoms with Gasteiger partial charge in [-0.3, -0.25) is 20.2 Å². The number of nitro benzene ring substituents is 2. The first-order chi connectivity index (χ1) is 21.7. The average Bonchev–Trinajstić information content (AvgIpc) is 3.71. The molecule has 0 aliphatic rings. The molecule has 0 N–H and O–H groups in total. The van der Waals surface area contributed by atoms with Gasteiger partial charge in [-0.05, 0) is 92.9 Å². The van der Waals surface area contributed by atoms with E-state index in [0.29, 0.717) is 11.4 Å². The lowest BCUT2D eigenvalue weighted by Gasteiger charge is -2.09. The Hall–Kier alpha value is -5.53. The first-order valence-corrected chi connectivity index (χ1v) is 15.7. The minimum Gasteiger partial charge on any atom is -0.258 e. The van der Waals surface area contributed by atoms with Crippen LogP contribution in [0, 0.1) is 20.2 Å². The number of nitrogens with zero attached hydrogens (tertiary/aromatic N) is 10. The molecule has 0 spiro atoms. The van der Waals surface area contributed by atoms with Crippen molar-refractivity contribution in [3.05, 3.63) is 117 Å². The maximum absolute atomic E-state index is 13.6. The molecule has 0 amide bonds. The summed E-state index contributed by atoms with van der Waals surface area (Å²) in [7, 11) is -4.43. The number of hydrogen-bond donors (Lipinski definition) is 0. The highest BCUT2D eigenvalue weighted by atomic mass is 32.2. The first kappa shape index (κ1) is 29.5. The minimum absolute atomic E-state index is 0.0831. The van der Waals surface area contributed by atoms with Gasteiger partial charge in [-0.2, -0.15) is 9.36 Å². The van der Waals surface area contributed by atoms with E-state index < -0.39 is 40.8 Å². The van der Waals surface area contributed by atoms with Crippen molar-refractivity contribution >= 4 is 44.7 Å². The van der Waals surface area contributed by atoms with Crippen LogP contribution in [-0.2, 0) is 9.84 Å². The molecule has 224 valence electrons. The summed E-state index contributed by atoms with van der Waals surface area (Å²) in [6.07, 6.45) is 0. The van der Waals surface area contributed by atoms with Gasteiger partial charge >= 0.3 is 0 Å². The second-order valence-corrected chi connectivity index (χ2v) is 12.9. The van der Waals surface area contributed by atoms with Crippen molar-refractivity contribution in [2.75, 3.05) is 0 Å². The van der Waals surface area contributed by atoms with E-state index in [0.717, 1.165) is 35.7 Å². The highest BCUT2D eigenvalue weighted by Gasteiger charge is 2.28. The number of benzene rings is 4. The van der Waals surface area contributed by atoms with Crippen LogP contribution in [0.2, 0.25) is 0 Å². The van der Waals surface area contributed by atoms with E-state index in [9.17, 15) is 28.6 Å². The Morgan fingerprint density at radius 1 is 0.600 bits per heavy atom. The van der Waals surface area contributed by atoms with Crippen molar-refractivity contribution < 1.29 is 18.3 Å². The zero-order valence-corrected chi connectivity index (χ0v) is 24.8. The van der Waals surface area contributed by atoms with E-state index >= 15 is 0 Å². The van der Waals surface area contributed by atoms with E-state index in [1.807, 2.05) is 12.1 Å². The number of para-hydroxylation sites is 2. The van der Waals surface area contributed by atoms with Crippen LogP contribution in [-0.4, -0.2) is 58.7 Å². The van der Waals surface area contributed by atoms with Gasteiger partial charge in [-0.1, -0.05) is 36.4 Å². The molecule has 0 saturated heterocycles. The molecule has 19 heteroatoms. The topological polar surface area (TPSA) is 208 Å². The van der Waals surface area contributed by atoms with Crippen LogP contribution >= 0.6 is 23.5 Å². The van der Waals surface area contributed by atoms with Crippen LogP contribution in [0.15, 0.2) is 127 Å². The average molecular weight is 661 g/mol. The standard InChI is InChI=1S/C26H16N10O6S3/c37-35(38)21-15-19(11-13-23(21)43-25-27-29-31-33(25)17-7-3-1-4-8-17)45(41,42)20-12-14-24(22(16-20)36(39)40)44-26-28-30-32-34(26)18-9-5-2-6-10-18/h1-16H. The highest BCUT2D eigenvalue weighted by molar-refractivity contribution is 7.99. The summed E-state index contributed by atoms with van der Waals surface area (Å²) in [5.41, 5.74) is 0.203. The third-order valence-electron chi connectivity index (χ3n) is 6.16. The van der Waals surface area contributed by atoms with Gasteiger partial charge in [0.15, 0.2) is 0 Å². The van der Waals surface area contributed by atoms with Gasteiger partial charge in [0, 0.05) is 12.1 Å². The lowest BCUT2D eigenvalue weighted by atomic mass is 10.3. The van der Waals surface area contributed by atoms with Crippen LogP contribution in [0.25, 0.3) is 11.4 Å². The monoisotopic (exact) mass is 660 g/mol. The summed E-state index contributed by atoms with van der Waals surface area (Å²) in [6.45, 7) is 0. The molecule has 45 heavy (non-hydrogen) atoms. The predicted molar refractivity (Wildman–Crippen MR) is 158 cm³/mol. The summed E-state index contributed by atoms with van der Waals surface area (Å²) >= 11 is 1.75. The molecule has 0 fully saturated rings. The first-order valence-electron chi connectivity index (χ1n) is 12.6. The van der Waals surface area contributed by atoms with E-state index in [1.165, 1.54) is 33.6 Å². The van der Waals surface area contributed by atoms with E-state index in [4.69, 9.17) is 0 Å². The van der Waals surface area contributed by atoms with Gasteiger partial charge in [-0.25, -0.2) is 8.42 Å². The molecule has 16 nitrogen and oxygen atoms in total. The Bertz CT molecular complexity index is 2010. The molecule has 0 atom stereocenters. The zero-order valence-electron chi connectivity index (χ0n) is 22.4. The zero-order chi connectivity index (χ0) is 31.6. The molecule has 0 aliphatic carbocycles. The molecule has 6 aromatic rings. The van der Waals surface area contributed by atoms with Gasteiger partial charge < -0.3 is 0 Å². The third kappa shape index (κ3) is 5.98. The normalized spacial score (nSPS) is 11.4. The molecule has 2 heterocycles. The minimum atomic E-state index is -4.43. The number of sulfone groups is 1. The Balaban J connectivity index is 1.32. The van der Waals surface area contributed by atoms with E-state index in [2.05, 4.69) is 31.1 Å². The molecule has 0 radical (unpaired) electrons. The van der Waals surface area contributed by atoms with Gasteiger partial charge in [0.05, 0.1) is 40.8 Å². The smallest absolute Gasteiger partial charge is 0.258 e. The van der Waals surface area contributed by atoms with Crippen molar-refractivity contribution in [1.82, 2.24) is 40.4 Å². The molecule has 6 rings (SSSR count). The molecule has 4 aromatic carbocycles. The highest BCUT2D eigenvalue weighted by Crippen LogP contribution is 2.39. The number of aromatic nitrogens is 8. The van der Waals surface area contributed by atoms with Gasteiger partial charge in [0.25, 0.3) is 11.4 Å². The summed E-state index contributed by atoms with van der Waals surface area (Å²) in [5.74, 6) is 0. The van der Waals surface area contributed by atoms with Crippen molar-refractivity contribution in [1.29, 1.82) is 0 Å². The van der Waals surface area contributed by atoms with E-state index in [-0.39, 0.29) is 20.1 Å². The van der Waals surface area contributed by atoms with Crippen molar-refractivity contribution in [2.45, 2.75) is 29.9 Å². The summed E-state index contributed by atoms with van der Waals surface area (Å²) in [4.78, 5) is 21.9. The fourth-order valence-electron chi connectivity index (χ4n) is 4.07. The van der Waals surface area contributed by atoms with Crippen LogP contribution in [0.5, 0.6) is 0 Å². The van der Waals surface area contributed by atoms with E-state index in [1.54, 1.807) is 48.5 Å². The van der Waals surface area contributed by atoms with Crippen LogP contribution < -0.4 is 0 Å². The quantitative estimate of drug-likeness (QED) is 0.145.